The largest absolute Gasteiger partial charge is 0.462 e. The summed E-state index contributed by atoms with van der Waals surface area (Å²) in [5, 5.41) is 0. The molecule has 0 rings (SSSR count). The summed E-state index contributed by atoms with van der Waals surface area (Å²) in [7, 11) is 0. The predicted molar refractivity (Wildman–Crippen MR) is 353 cm³/mol. The van der Waals surface area contributed by atoms with Crippen LogP contribution < -0.4 is 0 Å². The first-order chi connectivity index (χ1) is 40.0. The van der Waals surface area contributed by atoms with E-state index in [1.165, 1.54) is 141 Å². The molecular weight excluding hydrogens is 997 g/mol. The summed E-state index contributed by atoms with van der Waals surface area (Å²) in [5.41, 5.74) is 0. The number of unbranched alkanes of at least 4 members (excludes halogenated alkanes) is 30. The Morgan fingerprint density at radius 2 is 0.481 bits per heavy atom. The van der Waals surface area contributed by atoms with E-state index in [0.29, 0.717) is 19.3 Å². The van der Waals surface area contributed by atoms with Gasteiger partial charge in [0.1, 0.15) is 13.2 Å². The Hall–Kier alpha value is -4.19. The van der Waals surface area contributed by atoms with Crippen LogP contribution in [0.15, 0.2) is 122 Å². The van der Waals surface area contributed by atoms with E-state index in [4.69, 9.17) is 14.2 Å². The molecule has 81 heavy (non-hydrogen) atoms. The van der Waals surface area contributed by atoms with E-state index in [2.05, 4.69) is 142 Å². The minimum Gasteiger partial charge on any atom is -0.462 e. The van der Waals surface area contributed by atoms with Crippen molar-refractivity contribution in [1.29, 1.82) is 0 Å². The Bertz CT molecular complexity index is 1670. The standard InChI is InChI=1S/C75H126O6/c1-4-7-10-13-16-19-22-25-28-31-32-33-34-35-36-37-38-39-40-41-42-45-47-50-53-56-59-62-65-68-74(77)80-71-72(81-75(78)69-66-63-60-57-54-51-48-44-30-27-24-21-18-15-12-9-6-3)70-79-73(76)67-64-61-58-55-52-49-46-43-29-26-23-20-17-14-11-8-5-2/h7,9-10,12,16-21,25-30,32-33,48,51,72H,4-6,8,11,13-15,22-24,31,34-47,49-50,52-71H2,1-3H3/b10-7-,12-9-,19-16-,20-17-,21-18-,28-25-,29-26-,30-27-,33-32-,51-48-. The molecule has 0 fully saturated rings. The molecule has 6 nitrogen and oxygen atoms in total. The molecule has 0 radical (unpaired) electrons. The quantitative estimate of drug-likeness (QED) is 0.0261. The van der Waals surface area contributed by atoms with Gasteiger partial charge in [0, 0.05) is 19.3 Å². The van der Waals surface area contributed by atoms with Crippen molar-refractivity contribution in [3.8, 4) is 0 Å². The molecule has 0 saturated heterocycles. The lowest BCUT2D eigenvalue weighted by molar-refractivity contribution is -0.167. The van der Waals surface area contributed by atoms with Crippen LogP contribution in [0.4, 0.5) is 0 Å². The monoisotopic (exact) mass is 1120 g/mol. The molecule has 0 N–H and O–H groups in total. The maximum absolute atomic E-state index is 12.9. The second-order valence-corrected chi connectivity index (χ2v) is 22.3. The number of esters is 3. The van der Waals surface area contributed by atoms with Gasteiger partial charge in [0.05, 0.1) is 0 Å². The number of allylic oxidation sites excluding steroid dienone is 20. The van der Waals surface area contributed by atoms with E-state index in [0.717, 1.165) is 135 Å². The van der Waals surface area contributed by atoms with Crippen LogP contribution in [0.3, 0.4) is 0 Å². The van der Waals surface area contributed by atoms with Gasteiger partial charge in [0.15, 0.2) is 6.10 Å². The van der Waals surface area contributed by atoms with Crippen molar-refractivity contribution in [1.82, 2.24) is 0 Å². The van der Waals surface area contributed by atoms with Crippen LogP contribution in [-0.4, -0.2) is 37.2 Å². The Morgan fingerprint density at radius 1 is 0.259 bits per heavy atom. The van der Waals surface area contributed by atoms with Gasteiger partial charge in [0.2, 0.25) is 0 Å². The molecular formula is C75H126O6. The lowest BCUT2D eigenvalue weighted by Gasteiger charge is -2.18. The highest BCUT2D eigenvalue weighted by atomic mass is 16.6. The fourth-order valence-corrected chi connectivity index (χ4v) is 9.40. The van der Waals surface area contributed by atoms with Crippen LogP contribution in [0, 0.1) is 0 Å². The van der Waals surface area contributed by atoms with Gasteiger partial charge in [0.25, 0.3) is 0 Å². The predicted octanol–water partition coefficient (Wildman–Crippen LogP) is 23.6. The molecule has 0 aliphatic rings. The molecule has 0 aliphatic heterocycles. The van der Waals surface area contributed by atoms with Crippen LogP contribution >= 0.6 is 0 Å². The van der Waals surface area contributed by atoms with E-state index in [1.807, 2.05) is 0 Å². The van der Waals surface area contributed by atoms with Crippen LogP contribution in [-0.2, 0) is 28.6 Å². The summed E-state index contributed by atoms with van der Waals surface area (Å²) in [6, 6.07) is 0. The molecule has 0 bridgehead atoms. The smallest absolute Gasteiger partial charge is 0.306 e. The fourth-order valence-electron chi connectivity index (χ4n) is 9.40. The van der Waals surface area contributed by atoms with E-state index in [1.54, 1.807) is 0 Å². The lowest BCUT2D eigenvalue weighted by Crippen LogP contribution is -2.30. The molecule has 0 saturated carbocycles. The third-order valence-electron chi connectivity index (χ3n) is 14.4. The zero-order valence-electron chi connectivity index (χ0n) is 53.0. The van der Waals surface area contributed by atoms with Crippen molar-refractivity contribution in [2.24, 2.45) is 0 Å². The topological polar surface area (TPSA) is 78.9 Å². The van der Waals surface area contributed by atoms with Crippen LogP contribution in [0.1, 0.15) is 316 Å². The van der Waals surface area contributed by atoms with Crippen molar-refractivity contribution >= 4 is 17.9 Å². The summed E-state index contributed by atoms with van der Waals surface area (Å²) >= 11 is 0. The summed E-state index contributed by atoms with van der Waals surface area (Å²) in [4.78, 5) is 38.4. The van der Waals surface area contributed by atoms with Crippen molar-refractivity contribution in [2.75, 3.05) is 13.2 Å². The van der Waals surface area contributed by atoms with Crippen molar-refractivity contribution in [2.45, 2.75) is 322 Å². The first kappa shape index (κ1) is 76.8. The lowest BCUT2D eigenvalue weighted by atomic mass is 10.0. The molecule has 0 aliphatic carbocycles. The zero-order chi connectivity index (χ0) is 58.5. The van der Waals surface area contributed by atoms with E-state index in [9.17, 15) is 14.4 Å². The third-order valence-corrected chi connectivity index (χ3v) is 14.4. The van der Waals surface area contributed by atoms with Gasteiger partial charge < -0.3 is 14.2 Å². The van der Waals surface area contributed by atoms with E-state index in [-0.39, 0.29) is 31.1 Å². The molecule has 6 heteroatoms. The number of rotatable bonds is 61. The van der Waals surface area contributed by atoms with E-state index < -0.39 is 6.10 Å². The maximum Gasteiger partial charge on any atom is 0.306 e. The summed E-state index contributed by atoms with van der Waals surface area (Å²) in [6.45, 7) is 6.39. The minimum absolute atomic E-state index is 0.0908. The average molecular weight is 1120 g/mol. The molecule has 462 valence electrons. The van der Waals surface area contributed by atoms with E-state index >= 15 is 0 Å². The molecule has 0 spiro atoms. The number of carbonyl (C=O) groups is 3. The SMILES string of the molecule is CC/C=C\C/C=C\C/C=C\C/C=C\CCCCCCCCCCCCCCCCCCC(=O)OCC(COC(=O)CCCCCCCCC/C=C\C/C=C\CCCCC)OC(=O)CCCCCC/C=C\C/C=C\C/C=C\C/C=C\CC. The molecule has 0 heterocycles. The van der Waals surface area contributed by atoms with Crippen LogP contribution in [0.5, 0.6) is 0 Å². The molecule has 1 unspecified atom stereocenters. The van der Waals surface area contributed by atoms with Gasteiger partial charge in [-0.05, 0) is 128 Å². The van der Waals surface area contributed by atoms with Crippen molar-refractivity contribution in [3.63, 3.8) is 0 Å². The first-order valence-electron chi connectivity index (χ1n) is 34.0. The molecule has 0 aromatic heterocycles. The van der Waals surface area contributed by atoms with Gasteiger partial charge in [-0.2, -0.15) is 0 Å². The Kier molecular flexibility index (Phi) is 64.8. The fraction of sp³-hybridized carbons (Fsp3) is 0.693. The normalized spacial score (nSPS) is 12.9. The zero-order valence-corrected chi connectivity index (χ0v) is 53.0. The van der Waals surface area contributed by atoms with Crippen molar-refractivity contribution in [3.05, 3.63) is 122 Å². The average Bonchev–Trinajstić information content (AvgIpc) is 3.47. The van der Waals surface area contributed by atoms with Gasteiger partial charge in [-0.15, -0.1) is 0 Å². The number of carbonyl (C=O) groups excluding carboxylic acids is 3. The summed E-state index contributed by atoms with van der Waals surface area (Å²) in [6.07, 6.45) is 95.0. The molecule has 0 aromatic carbocycles. The number of ether oxygens (including phenoxy) is 3. The Morgan fingerprint density at radius 3 is 0.753 bits per heavy atom. The highest BCUT2D eigenvalue weighted by Crippen LogP contribution is 2.17. The summed E-state index contributed by atoms with van der Waals surface area (Å²) < 4.78 is 16.9. The number of hydrogen-bond donors (Lipinski definition) is 0. The Balaban J connectivity index is 4.32. The third kappa shape index (κ3) is 66.5. The maximum atomic E-state index is 12.9. The second kappa shape index (κ2) is 68.3. The highest BCUT2D eigenvalue weighted by molar-refractivity contribution is 5.71. The van der Waals surface area contributed by atoms with Gasteiger partial charge in [-0.3, -0.25) is 14.4 Å². The van der Waals surface area contributed by atoms with Gasteiger partial charge in [-0.1, -0.05) is 290 Å². The molecule has 1 atom stereocenters. The second-order valence-electron chi connectivity index (χ2n) is 22.3. The van der Waals surface area contributed by atoms with Crippen LogP contribution in [0.25, 0.3) is 0 Å². The van der Waals surface area contributed by atoms with Crippen molar-refractivity contribution < 1.29 is 28.6 Å². The number of hydrogen-bond acceptors (Lipinski definition) is 6. The molecule has 0 amide bonds. The highest BCUT2D eigenvalue weighted by Gasteiger charge is 2.19. The summed E-state index contributed by atoms with van der Waals surface area (Å²) in [5.74, 6) is -0.913. The van der Waals surface area contributed by atoms with Gasteiger partial charge in [-0.25, -0.2) is 0 Å². The first-order valence-corrected chi connectivity index (χ1v) is 34.0. The Labute approximate surface area is 501 Å². The molecule has 0 aromatic rings. The minimum atomic E-state index is -0.798. The van der Waals surface area contributed by atoms with Crippen LogP contribution in [0.2, 0.25) is 0 Å². The van der Waals surface area contributed by atoms with Gasteiger partial charge >= 0.3 is 17.9 Å².